The predicted octanol–water partition coefficient (Wildman–Crippen LogP) is 2.71. The summed E-state index contributed by atoms with van der Waals surface area (Å²) < 4.78 is 12.2. The molecule has 0 atom stereocenters. The summed E-state index contributed by atoms with van der Waals surface area (Å²) in [7, 11) is 3.05. The number of piperidine rings is 1. The number of amides is 3. The molecule has 1 aromatic heterocycles. The van der Waals surface area contributed by atoms with E-state index in [2.05, 4.69) is 5.10 Å². The maximum atomic E-state index is 13.8. The first-order chi connectivity index (χ1) is 17.4. The maximum Gasteiger partial charge on any atom is 0.277 e. The van der Waals surface area contributed by atoms with Crippen LogP contribution in [0.3, 0.4) is 0 Å². The zero-order valence-corrected chi connectivity index (χ0v) is 20.2. The van der Waals surface area contributed by atoms with E-state index in [0.29, 0.717) is 54.4 Å². The molecule has 0 spiro atoms. The molecule has 0 unspecified atom stereocenters. The number of benzene rings is 2. The summed E-state index contributed by atoms with van der Waals surface area (Å²) in [6.07, 6.45) is 2.85. The Hall–Kier alpha value is -4.34. The van der Waals surface area contributed by atoms with Gasteiger partial charge in [0.25, 0.3) is 11.8 Å². The summed E-state index contributed by atoms with van der Waals surface area (Å²) in [4.78, 5) is 41.7. The van der Waals surface area contributed by atoms with Crippen molar-refractivity contribution in [1.29, 1.82) is 0 Å². The van der Waals surface area contributed by atoms with E-state index in [4.69, 9.17) is 15.2 Å². The number of anilines is 2. The normalized spacial score (nSPS) is 15.6. The standard InChI is InChI=1S/C26H27N5O5/c1-35-18-10-11-20(21(15-18)36-2)31-24-19(23(28-31)25(27)33)12-14-30(26(24)34)17-8-6-16(7-9-17)29-13-4-3-5-22(29)32/h6-11,15H,3-5,12-14H2,1-2H3,(H2,27,33). The molecule has 2 aliphatic heterocycles. The number of fused-ring (bicyclic) bond motifs is 1. The molecule has 0 aliphatic carbocycles. The Labute approximate surface area is 208 Å². The van der Waals surface area contributed by atoms with E-state index in [9.17, 15) is 14.4 Å². The smallest absolute Gasteiger partial charge is 0.277 e. The van der Waals surface area contributed by atoms with Gasteiger partial charge in [0.1, 0.15) is 22.9 Å². The van der Waals surface area contributed by atoms with Crippen LogP contribution >= 0.6 is 0 Å². The minimum absolute atomic E-state index is 0.0647. The summed E-state index contributed by atoms with van der Waals surface area (Å²) in [5.74, 6) is 0.109. The molecule has 10 heteroatoms. The molecule has 2 N–H and O–H groups in total. The molecule has 186 valence electrons. The highest BCUT2D eigenvalue weighted by molar-refractivity contribution is 6.09. The van der Waals surface area contributed by atoms with Crippen LogP contribution < -0.4 is 25.0 Å². The summed E-state index contributed by atoms with van der Waals surface area (Å²) >= 11 is 0. The Morgan fingerprint density at radius 3 is 2.28 bits per heavy atom. The van der Waals surface area contributed by atoms with Crippen molar-refractivity contribution in [2.75, 3.05) is 37.1 Å². The largest absolute Gasteiger partial charge is 0.497 e. The molecule has 0 radical (unpaired) electrons. The van der Waals surface area contributed by atoms with Gasteiger partial charge in [-0.1, -0.05) is 0 Å². The number of aromatic nitrogens is 2. The highest BCUT2D eigenvalue weighted by Crippen LogP contribution is 2.34. The van der Waals surface area contributed by atoms with Crippen LogP contribution in [0.15, 0.2) is 42.5 Å². The van der Waals surface area contributed by atoms with Crippen molar-refractivity contribution in [2.24, 2.45) is 5.73 Å². The van der Waals surface area contributed by atoms with Crippen LogP contribution in [-0.2, 0) is 11.2 Å². The van der Waals surface area contributed by atoms with Crippen molar-refractivity contribution in [2.45, 2.75) is 25.7 Å². The minimum atomic E-state index is -0.700. The number of rotatable bonds is 6. The molecule has 3 heterocycles. The van der Waals surface area contributed by atoms with Crippen LogP contribution in [0, 0.1) is 0 Å². The second-order valence-corrected chi connectivity index (χ2v) is 8.72. The first-order valence-electron chi connectivity index (χ1n) is 11.8. The van der Waals surface area contributed by atoms with Gasteiger partial charge in [0.2, 0.25) is 5.91 Å². The van der Waals surface area contributed by atoms with Gasteiger partial charge in [0, 0.05) is 42.5 Å². The quantitative estimate of drug-likeness (QED) is 0.569. The topological polar surface area (TPSA) is 120 Å². The Morgan fingerprint density at radius 1 is 0.917 bits per heavy atom. The number of carbonyl (C=O) groups is 3. The Balaban J connectivity index is 1.53. The lowest BCUT2D eigenvalue weighted by atomic mass is 10.0. The molecule has 1 saturated heterocycles. The molecule has 0 bridgehead atoms. The molecule has 36 heavy (non-hydrogen) atoms. The minimum Gasteiger partial charge on any atom is -0.497 e. The van der Waals surface area contributed by atoms with Crippen LogP contribution in [0.4, 0.5) is 11.4 Å². The summed E-state index contributed by atoms with van der Waals surface area (Å²) in [5.41, 5.74) is 8.44. The SMILES string of the molecule is COc1ccc(-n2nc(C(N)=O)c3c2C(=O)N(c2ccc(N4CCCCC4=O)cc2)CC3)c(OC)c1. The third-order valence-corrected chi connectivity index (χ3v) is 6.66. The number of hydrogen-bond donors (Lipinski definition) is 1. The lowest BCUT2D eigenvalue weighted by Crippen LogP contribution is -2.39. The number of ether oxygens (including phenoxy) is 2. The first kappa shape index (κ1) is 23.4. The average Bonchev–Trinajstić information content (AvgIpc) is 3.30. The number of methoxy groups -OCH3 is 2. The van der Waals surface area contributed by atoms with Crippen molar-refractivity contribution in [1.82, 2.24) is 9.78 Å². The molecule has 2 aromatic carbocycles. The van der Waals surface area contributed by atoms with Gasteiger partial charge in [-0.3, -0.25) is 14.4 Å². The van der Waals surface area contributed by atoms with Crippen LogP contribution in [0.5, 0.6) is 11.5 Å². The van der Waals surface area contributed by atoms with Crippen LogP contribution in [0.1, 0.15) is 45.8 Å². The van der Waals surface area contributed by atoms with Gasteiger partial charge in [-0.05, 0) is 55.7 Å². The van der Waals surface area contributed by atoms with Gasteiger partial charge < -0.3 is 25.0 Å². The first-order valence-corrected chi connectivity index (χ1v) is 11.8. The van der Waals surface area contributed by atoms with Crippen molar-refractivity contribution in [3.8, 4) is 17.2 Å². The van der Waals surface area contributed by atoms with E-state index in [1.807, 2.05) is 24.3 Å². The monoisotopic (exact) mass is 489 g/mol. The van der Waals surface area contributed by atoms with Crippen molar-refractivity contribution in [3.05, 3.63) is 59.4 Å². The lowest BCUT2D eigenvalue weighted by Gasteiger charge is -2.30. The highest BCUT2D eigenvalue weighted by Gasteiger charge is 2.35. The molecule has 10 nitrogen and oxygen atoms in total. The van der Waals surface area contributed by atoms with Crippen LogP contribution in [0.2, 0.25) is 0 Å². The van der Waals surface area contributed by atoms with Crippen LogP contribution in [0.25, 0.3) is 5.69 Å². The zero-order chi connectivity index (χ0) is 25.4. The van der Waals surface area contributed by atoms with Gasteiger partial charge in [0.15, 0.2) is 5.69 Å². The van der Waals surface area contributed by atoms with Crippen LogP contribution in [-0.4, -0.2) is 54.8 Å². The lowest BCUT2D eigenvalue weighted by molar-refractivity contribution is -0.119. The molecular formula is C26H27N5O5. The van der Waals surface area contributed by atoms with E-state index in [1.54, 1.807) is 35.1 Å². The molecule has 5 rings (SSSR count). The predicted molar refractivity (Wildman–Crippen MR) is 133 cm³/mol. The number of primary amides is 1. The molecule has 2 aliphatic rings. The fourth-order valence-corrected chi connectivity index (χ4v) is 4.83. The third-order valence-electron chi connectivity index (χ3n) is 6.66. The fraction of sp³-hybridized carbons (Fsp3) is 0.308. The van der Waals surface area contributed by atoms with Crippen molar-refractivity contribution >= 4 is 29.1 Å². The maximum absolute atomic E-state index is 13.8. The number of hydrogen-bond acceptors (Lipinski definition) is 6. The summed E-state index contributed by atoms with van der Waals surface area (Å²) in [6.45, 7) is 1.06. The average molecular weight is 490 g/mol. The zero-order valence-electron chi connectivity index (χ0n) is 20.2. The number of nitrogens with two attached hydrogens (primary N) is 1. The molecular weight excluding hydrogens is 462 g/mol. The van der Waals surface area contributed by atoms with Gasteiger partial charge in [-0.15, -0.1) is 0 Å². The van der Waals surface area contributed by atoms with Gasteiger partial charge >= 0.3 is 0 Å². The summed E-state index contributed by atoms with van der Waals surface area (Å²) in [6, 6.07) is 12.5. The fourth-order valence-electron chi connectivity index (χ4n) is 4.83. The Morgan fingerprint density at radius 2 is 1.64 bits per heavy atom. The molecule has 3 amide bonds. The van der Waals surface area contributed by atoms with E-state index in [1.165, 1.54) is 11.8 Å². The second-order valence-electron chi connectivity index (χ2n) is 8.72. The Bertz CT molecular complexity index is 1350. The highest BCUT2D eigenvalue weighted by atomic mass is 16.5. The van der Waals surface area contributed by atoms with Gasteiger partial charge in [-0.25, -0.2) is 4.68 Å². The third kappa shape index (κ3) is 3.94. The second kappa shape index (κ2) is 9.37. The Kier molecular flexibility index (Phi) is 6.09. The molecule has 1 fully saturated rings. The van der Waals surface area contributed by atoms with E-state index < -0.39 is 5.91 Å². The van der Waals surface area contributed by atoms with Crippen molar-refractivity contribution in [3.63, 3.8) is 0 Å². The van der Waals surface area contributed by atoms with E-state index in [-0.39, 0.29) is 23.2 Å². The van der Waals surface area contributed by atoms with E-state index in [0.717, 1.165) is 18.5 Å². The van der Waals surface area contributed by atoms with Crippen molar-refractivity contribution < 1.29 is 23.9 Å². The molecule has 0 saturated carbocycles. The number of carbonyl (C=O) groups excluding carboxylic acids is 3. The molecule has 3 aromatic rings. The van der Waals surface area contributed by atoms with Gasteiger partial charge in [0.05, 0.1) is 14.2 Å². The number of nitrogens with zero attached hydrogens (tertiary/aromatic N) is 4. The summed E-state index contributed by atoms with van der Waals surface area (Å²) in [5, 5.41) is 4.42. The van der Waals surface area contributed by atoms with Gasteiger partial charge in [-0.2, -0.15) is 5.10 Å². The van der Waals surface area contributed by atoms with E-state index >= 15 is 0 Å².